The summed E-state index contributed by atoms with van der Waals surface area (Å²) in [5.41, 5.74) is -0.0368. The van der Waals surface area contributed by atoms with E-state index in [1.807, 2.05) is 0 Å². The topological polar surface area (TPSA) is 92.3 Å². The van der Waals surface area contributed by atoms with Gasteiger partial charge in [0.05, 0.1) is 21.4 Å². The maximum Gasteiger partial charge on any atom is 0.263 e. The Kier molecular flexibility index (Phi) is 8.30. The van der Waals surface area contributed by atoms with Crippen molar-refractivity contribution >= 4 is 118 Å². The third-order valence-corrected chi connectivity index (χ3v) is 10.2. The van der Waals surface area contributed by atoms with Crippen molar-refractivity contribution < 1.29 is 16.8 Å². The van der Waals surface area contributed by atoms with Crippen molar-refractivity contribution in [2.75, 3.05) is 9.44 Å². The van der Waals surface area contributed by atoms with Crippen molar-refractivity contribution in [1.29, 1.82) is 0 Å². The quantitative estimate of drug-likeness (QED) is 0.270. The Morgan fingerprint density at radius 3 is 1.47 bits per heavy atom. The molecule has 32 heavy (non-hydrogen) atoms. The summed E-state index contributed by atoms with van der Waals surface area (Å²) in [6.07, 6.45) is 0. The van der Waals surface area contributed by atoms with E-state index in [0.717, 1.165) is 0 Å². The largest absolute Gasteiger partial charge is 0.279 e. The summed E-state index contributed by atoms with van der Waals surface area (Å²) in [4.78, 5) is -0.0494. The van der Waals surface area contributed by atoms with Crippen LogP contribution in [0.2, 0.25) is 10.0 Å². The van der Waals surface area contributed by atoms with Gasteiger partial charge in [0.25, 0.3) is 20.0 Å². The predicted molar refractivity (Wildman–Crippen MR) is 142 cm³/mol. The van der Waals surface area contributed by atoms with E-state index in [1.165, 1.54) is 24.3 Å². The Hall–Kier alpha value is -0.340. The fourth-order valence-electron chi connectivity index (χ4n) is 2.50. The average molecular weight is 773 g/mol. The van der Waals surface area contributed by atoms with Gasteiger partial charge in [-0.05, 0) is 80.4 Å². The number of halogens is 6. The first-order valence-corrected chi connectivity index (χ1v) is 15.1. The molecule has 170 valence electrons. The van der Waals surface area contributed by atoms with Crippen molar-refractivity contribution in [3.8, 4) is 0 Å². The van der Waals surface area contributed by atoms with E-state index in [-0.39, 0.29) is 31.2 Å². The minimum atomic E-state index is -4.06. The van der Waals surface area contributed by atoms with Gasteiger partial charge in [0.2, 0.25) is 0 Å². The lowest BCUT2D eigenvalue weighted by molar-refractivity contribution is 0.599. The van der Waals surface area contributed by atoms with E-state index in [4.69, 9.17) is 23.2 Å². The highest BCUT2D eigenvalue weighted by atomic mass is 79.9. The molecule has 0 saturated heterocycles. The lowest BCUT2D eigenvalue weighted by atomic mass is 10.3. The third-order valence-electron chi connectivity index (χ3n) is 3.90. The molecule has 0 aliphatic heterocycles. The van der Waals surface area contributed by atoms with Crippen molar-refractivity contribution in [2.45, 2.75) is 9.79 Å². The summed E-state index contributed by atoms with van der Waals surface area (Å²) >= 11 is 25.4. The van der Waals surface area contributed by atoms with Crippen LogP contribution in [0.1, 0.15) is 0 Å². The zero-order chi connectivity index (χ0) is 23.8. The predicted octanol–water partition coefficient (Wildman–Crippen LogP) is 7.65. The molecule has 0 bridgehead atoms. The van der Waals surface area contributed by atoms with Gasteiger partial charge in [-0.3, -0.25) is 9.44 Å². The molecular weight excluding hydrogens is 763 g/mol. The first-order valence-electron chi connectivity index (χ1n) is 8.25. The molecule has 0 fully saturated rings. The molecule has 0 aliphatic rings. The van der Waals surface area contributed by atoms with Crippen LogP contribution < -0.4 is 9.44 Å². The zero-order valence-electron chi connectivity index (χ0n) is 15.3. The molecule has 14 heteroatoms. The number of benzene rings is 3. The van der Waals surface area contributed by atoms with Gasteiger partial charge in [-0.15, -0.1) is 0 Å². The molecule has 3 aromatic rings. The van der Waals surface area contributed by atoms with Crippen LogP contribution in [-0.2, 0) is 20.0 Å². The minimum absolute atomic E-state index is 0.0107. The van der Waals surface area contributed by atoms with Crippen LogP contribution >= 0.6 is 86.9 Å². The van der Waals surface area contributed by atoms with E-state index >= 15 is 0 Å². The molecule has 0 spiro atoms. The normalized spacial score (nSPS) is 11.9. The van der Waals surface area contributed by atoms with Crippen LogP contribution in [0.5, 0.6) is 0 Å². The van der Waals surface area contributed by atoms with E-state index in [9.17, 15) is 16.8 Å². The van der Waals surface area contributed by atoms with Crippen LogP contribution in [0, 0.1) is 0 Å². The summed E-state index contributed by atoms with van der Waals surface area (Å²) in [5, 5.41) is -0.198. The maximum atomic E-state index is 12.8. The number of hydrogen-bond acceptors (Lipinski definition) is 4. The molecule has 3 rings (SSSR count). The molecule has 0 saturated carbocycles. The Labute approximate surface area is 228 Å². The standard InChI is InChI=1S/C18H10Br4Cl2N2O4S2/c19-9-1-3-12(21)16(5-9)31(27,28)25-11-7-14(23)18(15(24)8-11)26-32(29,30)17-6-10(20)2-4-13(17)22/h1-8,25-26H. The van der Waals surface area contributed by atoms with Crippen LogP contribution in [0.4, 0.5) is 11.4 Å². The Bertz CT molecular complexity index is 1410. The molecule has 2 N–H and O–H groups in total. The molecule has 3 aromatic carbocycles. The summed E-state index contributed by atoms with van der Waals surface area (Å²) in [6.45, 7) is 0. The molecule has 0 heterocycles. The molecule has 0 aromatic heterocycles. The molecule has 0 unspecified atom stereocenters. The highest BCUT2D eigenvalue weighted by Gasteiger charge is 2.23. The second-order valence-electron chi connectivity index (χ2n) is 6.18. The Morgan fingerprint density at radius 2 is 1.03 bits per heavy atom. The molecule has 0 radical (unpaired) electrons. The number of nitrogens with one attached hydrogen (secondary N) is 2. The summed E-state index contributed by atoms with van der Waals surface area (Å²) in [6, 6.07) is 11.8. The maximum absolute atomic E-state index is 12.8. The average Bonchev–Trinajstić information content (AvgIpc) is 2.68. The van der Waals surface area contributed by atoms with Crippen LogP contribution in [-0.4, -0.2) is 16.8 Å². The lowest BCUT2D eigenvalue weighted by Gasteiger charge is -2.15. The fourth-order valence-corrected chi connectivity index (χ4v) is 8.34. The summed E-state index contributed by atoms with van der Waals surface area (Å²) < 4.78 is 57.8. The van der Waals surface area contributed by atoms with Gasteiger partial charge in [-0.25, -0.2) is 16.8 Å². The lowest BCUT2D eigenvalue weighted by Crippen LogP contribution is -2.16. The highest BCUT2D eigenvalue weighted by molar-refractivity contribution is 9.11. The van der Waals surface area contributed by atoms with Gasteiger partial charge in [-0.2, -0.15) is 0 Å². The molecule has 6 nitrogen and oxygen atoms in total. The fraction of sp³-hybridized carbons (Fsp3) is 0. The third kappa shape index (κ3) is 6.01. The molecule has 0 amide bonds. The van der Waals surface area contributed by atoms with E-state index < -0.39 is 20.0 Å². The number of sulfonamides is 2. The first-order chi connectivity index (χ1) is 14.8. The van der Waals surface area contributed by atoms with Crippen molar-refractivity contribution in [3.05, 3.63) is 76.5 Å². The zero-order valence-corrected chi connectivity index (χ0v) is 24.8. The first kappa shape index (κ1) is 26.3. The van der Waals surface area contributed by atoms with Crippen LogP contribution in [0.25, 0.3) is 0 Å². The monoisotopic (exact) mass is 768 g/mol. The van der Waals surface area contributed by atoms with Gasteiger partial charge in [0.1, 0.15) is 9.79 Å². The summed E-state index contributed by atoms with van der Waals surface area (Å²) in [5.74, 6) is 0. The van der Waals surface area contributed by atoms with Crippen molar-refractivity contribution in [2.24, 2.45) is 0 Å². The smallest absolute Gasteiger partial charge is 0.263 e. The highest BCUT2D eigenvalue weighted by Crippen LogP contribution is 2.37. The molecular formula is C18H10Br4Cl2N2O4S2. The molecule has 0 aliphatic carbocycles. The van der Waals surface area contributed by atoms with Crippen LogP contribution in [0.3, 0.4) is 0 Å². The molecule has 0 atom stereocenters. The van der Waals surface area contributed by atoms with Gasteiger partial charge in [-0.1, -0.05) is 55.1 Å². The minimum Gasteiger partial charge on any atom is -0.279 e. The number of anilines is 2. The Morgan fingerprint density at radius 1 is 0.625 bits per heavy atom. The number of hydrogen-bond donors (Lipinski definition) is 2. The van der Waals surface area contributed by atoms with Gasteiger partial charge in [0.15, 0.2) is 0 Å². The Balaban J connectivity index is 1.95. The van der Waals surface area contributed by atoms with Gasteiger partial charge in [0, 0.05) is 17.9 Å². The second kappa shape index (κ2) is 10.1. The van der Waals surface area contributed by atoms with Gasteiger partial charge >= 0.3 is 0 Å². The van der Waals surface area contributed by atoms with E-state index in [1.54, 1.807) is 24.3 Å². The summed E-state index contributed by atoms with van der Waals surface area (Å²) in [7, 11) is -8.05. The van der Waals surface area contributed by atoms with E-state index in [2.05, 4.69) is 73.2 Å². The van der Waals surface area contributed by atoms with E-state index in [0.29, 0.717) is 17.9 Å². The second-order valence-corrected chi connectivity index (χ2v) is 13.8. The van der Waals surface area contributed by atoms with Crippen molar-refractivity contribution in [1.82, 2.24) is 0 Å². The SMILES string of the molecule is O=S(=O)(Nc1cc(Cl)c(NS(=O)(=O)c2cc(Br)ccc2Br)c(Cl)c1)c1cc(Br)ccc1Br. The van der Waals surface area contributed by atoms with Crippen LogP contribution in [0.15, 0.2) is 76.2 Å². The van der Waals surface area contributed by atoms with Crippen molar-refractivity contribution in [3.63, 3.8) is 0 Å². The van der Waals surface area contributed by atoms with Gasteiger partial charge < -0.3 is 0 Å². The number of rotatable bonds is 6.